The molecule has 0 saturated carbocycles. The average molecular weight is 343 g/mol. The van der Waals surface area contributed by atoms with Gasteiger partial charge in [-0.15, -0.1) is 0 Å². The number of rotatable bonds is 7. The number of carbonyl (C=O) groups excluding carboxylic acids is 2. The molecule has 1 heterocycles. The number of hydrogen-bond acceptors (Lipinski definition) is 5. The van der Waals surface area contributed by atoms with Crippen molar-refractivity contribution in [1.82, 2.24) is 14.9 Å². The molecule has 132 valence electrons. The number of ether oxygens (including phenoxy) is 2. The summed E-state index contributed by atoms with van der Waals surface area (Å²) in [5.41, 5.74) is 1.57. The highest BCUT2D eigenvalue weighted by Crippen LogP contribution is 2.14. The van der Waals surface area contributed by atoms with E-state index in [1.54, 1.807) is 26.4 Å². The van der Waals surface area contributed by atoms with Crippen molar-refractivity contribution < 1.29 is 19.1 Å². The molecule has 0 unspecified atom stereocenters. The Balaban J connectivity index is 2.11. The summed E-state index contributed by atoms with van der Waals surface area (Å²) in [4.78, 5) is 32.7. The van der Waals surface area contributed by atoms with Gasteiger partial charge in [-0.1, -0.05) is 12.1 Å². The normalized spacial score (nSPS) is 12.0. The molecule has 7 heteroatoms. The Hall–Kier alpha value is -3.09. The highest BCUT2D eigenvalue weighted by Gasteiger charge is 2.27. The number of hydrogen-bond donors (Lipinski definition) is 1. The lowest BCUT2D eigenvalue weighted by molar-refractivity contribution is -0.150. The van der Waals surface area contributed by atoms with Gasteiger partial charge in [0.05, 0.1) is 20.5 Å². The Morgan fingerprint density at radius 2 is 2.16 bits per heavy atom. The topological polar surface area (TPSA) is 84.5 Å². The summed E-state index contributed by atoms with van der Waals surface area (Å²) in [6, 6.07) is 6.58. The van der Waals surface area contributed by atoms with Crippen LogP contribution in [-0.2, 0) is 20.7 Å². The van der Waals surface area contributed by atoms with E-state index in [1.807, 2.05) is 24.3 Å². The van der Waals surface area contributed by atoms with Crippen LogP contribution >= 0.6 is 0 Å². The second kappa shape index (κ2) is 8.68. The lowest BCUT2D eigenvalue weighted by atomic mass is 10.1. The molecule has 0 spiro atoms. The van der Waals surface area contributed by atoms with Gasteiger partial charge in [-0.25, -0.2) is 9.78 Å². The Labute approximate surface area is 146 Å². The van der Waals surface area contributed by atoms with Gasteiger partial charge in [0.2, 0.25) is 5.91 Å². The maximum atomic E-state index is 12.4. The SMILES string of the molecule is COC(=O)[C@H](Cc1cnc[nH]1)N(C)C(=O)C=Cc1cccc(OC)c1. The standard InChI is InChI=1S/C18H21N3O4/c1-21(16(18(23)25-3)10-14-11-19-12-20-14)17(22)8-7-13-5-4-6-15(9-13)24-2/h4-9,11-12,16H,10H2,1-3H3,(H,19,20)/t16-/m0/s1. The van der Waals surface area contributed by atoms with E-state index < -0.39 is 12.0 Å². The fourth-order valence-electron chi connectivity index (χ4n) is 2.30. The van der Waals surface area contributed by atoms with Crippen molar-refractivity contribution in [3.05, 3.63) is 54.1 Å². The van der Waals surface area contributed by atoms with Gasteiger partial charge in [-0.2, -0.15) is 0 Å². The van der Waals surface area contributed by atoms with Gasteiger partial charge in [0.25, 0.3) is 0 Å². The van der Waals surface area contributed by atoms with E-state index in [4.69, 9.17) is 9.47 Å². The summed E-state index contributed by atoms with van der Waals surface area (Å²) in [7, 11) is 4.45. The minimum absolute atomic E-state index is 0.294. The van der Waals surface area contributed by atoms with Gasteiger partial charge < -0.3 is 19.4 Å². The number of amides is 1. The van der Waals surface area contributed by atoms with Crippen LogP contribution in [0.25, 0.3) is 6.08 Å². The zero-order valence-electron chi connectivity index (χ0n) is 14.4. The third kappa shape index (κ3) is 4.94. The van der Waals surface area contributed by atoms with Crippen LogP contribution < -0.4 is 4.74 Å². The van der Waals surface area contributed by atoms with Gasteiger partial charge in [-0.05, 0) is 23.8 Å². The second-order valence-electron chi connectivity index (χ2n) is 5.38. The number of carbonyl (C=O) groups is 2. The Bertz CT molecular complexity index is 741. The summed E-state index contributed by atoms with van der Waals surface area (Å²) in [6.45, 7) is 0. The van der Waals surface area contributed by atoms with Crippen molar-refractivity contribution in [2.45, 2.75) is 12.5 Å². The number of esters is 1. The smallest absolute Gasteiger partial charge is 0.328 e. The Morgan fingerprint density at radius 3 is 2.80 bits per heavy atom. The first-order chi connectivity index (χ1) is 12.0. The van der Waals surface area contributed by atoms with Crippen molar-refractivity contribution in [3.8, 4) is 5.75 Å². The molecule has 0 aliphatic heterocycles. The Morgan fingerprint density at radius 1 is 1.36 bits per heavy atom. The van der Waals surface area contributed by atoms with Gasteiger partial charge in [-0.3, -0.25) is 4.79 Å². The van der Waals surface area contributed by atoms with E-state index in [2.05, 4.69) is 9.97 Å². The molecule has 0 aliphatic rings. The summed E-state index contributed by atoms with van der Waals surface area (Å²) in [5, 5.41) is 0. The van der Waals surface area contributed by atoms with Gasteiger partial charge >= 0.3 is 5.97 Å². The molecule has 7 nitrogen and oxygen atoms in total. The average Bonchev–Trinajstić information content (AvgIpc) is 3.16. The minimum Gasteiger partial charge on any atom is -0.497 e. The number of imidazole rings is 1. The maximum Gasteiger partial charge on any atom is 0.328 e. The molecule has 2 aromatic rings. The highest BCUT2D eigenvalue weighted by atomic mass is 16.5. The molecule has 0 radical (unpaired) electrons. The molecular weight excluding hydrogens is 322 g/mol. The number of methoxy groups -OCH3 is 2. The van der Waals surface area contributed by atoms with E-state index in [1.165, 1.54) is 24.4 Å². The van der Waals surface area contributed by atoms with E-state index >= 15 is 0 Å². The fourth-order valence-corrected chi connectivity index (χ4v) is 2.30. The number of likely N-dealkylation sites (N-methyl/N-ethyl adjacent to an activating group) is 1. The van der Waals surface area contributed by atoms with Crippen LogP contribution in [0.2, 0.25) is 0 Å². The zero-order valence-corrected chi connectivity index (χ0v) is 14.4. The number of benzene rings is 1. The van der Waals surface area contributed by atoms with Crippen LogP contribution in [0.3, 0.4) is 0 Å². The third-order valence-corrected chi connectivity index (χ3v) is 3.77. The van der Waals surface area contributed by atoms with Crippen LogP contribution in [0.5, 0.6) is 5.75 Å². The Kier molecular flexibility index (Phi) is 6.33. The monoisotopic (exact) mass is 343 g/mol. The fraction of sp³-hybridized carbons (Fsp3) is 0.278. The largest absolute Gasteiger partial charge is 0.497 e. The van der Waals surface area contributed by atoms with Crippen LogP contribution in [0.1, 0.15) is 11.3 Å². The van der Waals surface area contributed by atoms with Gasteiger partial charge in [0.15, 0.2) is 0 Å². The molecule has 1 atom stereocenters. The van der Waals surface area contributed by atoms with Crippen LogP contribution in [-0.4, -0.2) is 54.1 Å². The second-order valence-corrected chi connectivity index (χ2v) is 5.38. The molecule has 1 aromatic carbocycles. The minimum atomic E-state index is -0.743. The molecular formula is C18H21N3O4. The maximum absolute atomic E-state index is 12.4. The highest BCUT2D eigenvalue weighted by molar-refractivity contribution is 5.94. The molecule has 0 saturated heterocycles. The van der Waals surface area contributed by atoms with Crippen molar-refractivity contribution in [3.63, 3.8) is 0 Å². The number of nitrogens with one attached hydrogen (secondary N) is 1. The summed E-state index contributed by atoms with van der Waals surface area (Å²) in [6.07, 6.45) is 6.51. The van der Waals surface area contributed by atoms with E-state index in [-0.39, 0.29) is 5.91 Å². The van der Waals surface area contributed by atoms with Crippen LogP contribution in [0, 0.1) is 0 Å². The first-order valence-corrected chi connectivity index (χ1v) is 7.69. The van der Waals surface area contributed by atoms with Crippen molar-refractivity contribution in [2.24, 2.45) is 0 Å². The molecule has 1 N–H and O–H groups in total. The van der Waals surface area contributed by atoms with Crippen molar-refractivity contribution in [1.29, 1.82) is 0 Å². The van der Waals surface area contributed by atoms with E-state index in [0.29, 0.717) is 12.2 Å². The molecule has 0 bridgehead atoms. The number of aromatic nitrogens is 2. The van der Waals surface area contributed by atoms with Crippen LogP contribution in [0.4, 0.5) is 0 Å². The van der Waals surface area contributed by atoms with Crippen molar-refractivity contribution in [2.75, 3.05) is 21.3 Å². The van der Waals surface area contributed by atoms with Gasteiger partial charge in [0.1, 0.15) is 11.8 Å². The third-order valence-electron chi connectivity index (χ3n) is 3.77. The first kappa shape index (κ1) is 18.3. The molecule has 0 fully saturated rings. The number of H-pyrrole nitrogens is 1. The predicted molar refractivity (Wildman–Crippen MR) is 92.9 cm³/mol. The molecule has 1 aromatic heterocycles. The number of nitrogens with zero attached hydrogens (tertiary/aromatic N) is 2. The van der Waals surface area contributed by atoms with Gasteiger partial charge in [0, 0.05) is 31.4 Å². The summed E-state index contributed by atoms with van der Waals surface area (Å²) >= 11 is 0. The quantitative estimate of drug-likeness (QED) is 0.611. The van der Waals surface area contributed by atoms with E-state index in [9.17, 15) is 9.59 Å². The number of aromatic amines is 1. The van der Waals surface area contributed by atoms with Crippen molar-refractivity contribution >= 4 is 18.0 Å². The lowest BCUT2D eigenvalue weighted by Crippen LogP contribution is -2.43. The zero-order chi connectivity index (χ0) is 18.2. The predicted octanol–water partition coefficient (Wildman–Crippen LogP) is 1.67. The molecule has 2 rings (SSSR count). The summed E-state index contributed by atoms with van der Waals surface area (Å²) < 4.78 is 9.97. The molecule has 25 heavy (non-hydrogen) atoms. The first-order valence-electron chi connectivity index (χ1n) is 7.69. The lowest BCUT2D eigenvalue weighted by Gasteiger charge is -2.24. The summed E-state index contributed by atoms with van der Waals surface area (Å²) in [5.74, 6) is -0.0902. The van der Waals surface area contributed by atoms with E-state index in [0.717, 1.165) is 11.3 Å². The van der Waals surface area contributed by atoms with Crippen LogP contribution in [0.15, 0.2) is 42.9 Å². The molecule has 1 amide bonds. The molecule has 0 aliphatic carbocycles.